The standard InChI is InChI=1S/C14H10Cl2FNO/c15-10-3-1-9(2-4-10)8-18-14(19)12-6-5-11(16)7-13(12)17/h1-7H,8H2,(H,18,19). The van der Waals surface area contributed by atoms with Gasteiger partial charge in [0.1, 0.15) is 5.82 Å². The minimum atomic E-state index is -0.638. The van der Waals surface area contributed by atoms with Crippen LogP contribution in [0.4, 0.5) is 4.39 Å². The lowest BCUT2D eigenvalue weighted by atomic mass is 10.2. The second-order valence-corrected chi connectivity index (χ2v) is 4.81. The molecule has 98 valence electrons. The Bertz CT molecular complexity index is 599. The summed E-state index contributed by atoms with van der Waals surface area (Å²) >= 11 is 11.4. The van der Waals surface area contributed by atoms with Crippen molar-refractivity contribution in [3.63, 3.8) is 0 Å². The highest BCUT2D eigenvalue weighted by molar-refractivity contribution is 6.30. The van der Waals surface area contributed by atoms with Crippen molar-refractivity contribution in [1.82, 2.24) is 5.32 Å². The Kier molecular flexibility index (Phi) is 4.40. The molecular weight excluding hydrogens is 288 g/mol. The van der Waals surface area contributed by atoms with Crippen molar-refractivity contribution in [2.45, 2.75) is 6.54 Å². The van der Waals surface area contributed by atoms with Gasteiger partial charge in [0.15, 0.2) is 0 Å². The van der Waals surface area contributed by atoms with Gasteiger partial charge in [-0.25, -0.2) is 4.39 Å². The molecule has 0 heterocycles. The van der Waals surface area contributed by atoms with Gasteiger partial charge in [-0.15, -0.1) is 0 Å². The zero-order valence-corrected chi connectivity index (χ0v) is 11.3. The van der Waals surface area contributed by atoms with E-state index in [9.17, 15) is 9.18 Å². The van der Waals surface area contributed by atoms with Crippen LogP contribution in [0.1, 0.15) is 15.9 Å². The molecule has 0 spiro atoms. The van der Waals surface area contributed by atoms with Crippen LogP contribution in [0, 0.1) is 5.82 Å². The first-order valence-corrected chi connectivity index (χ1v) is 6.29. The van der Waals surface area contributed by atoms with E-state index in [2.05, 4.69) is 5.32 Å². The second kappa shape index (κ2) is 6.04. The molecule has 0 fully saturated rings. The summed E-state index contributed by atoms with van der Waals surface area (Å²) in [6.45, 7) is 0.304. The number of hydrogen-bond donors (Lipinski definition) is 1. The third-order valence-electron chi connectivity index (χ3n) is 2.54. The highest BCUT2D eigenvalue weighted by atomic mass is 35.5. The molecule has 19 heavy (non-hydrogen) atoms. The van der Waals surface area contributed by atoms with E-state index >= 15 is 0 Å². The molecule has 0 saturated heterocycles. The van der Waals surface area contributed by atoms with Crippen molar-refractivity contribution in [3.05, 3.63) is 69.5 Å². The summed E-state index contributed by atoms with van der Waals surface area (Å²) in [5.74, 6) is -1.12. The Hall–Kier alpha value is -1.58. The molecule has 2 rings (SSSR count). The first kappa shape index (κ1) is 13.8. The molecule has 0 saturated carbocycles. The minimum absolute atomic E-state index is 0.0293. The van der Waals surface area contributed by atoms with E-state index in [0.29, 0.717) is 11.6 Å². The molecule has 1 amide bonds. The van der Waals surface area contributed by atoms with Crippen LogP contribution in [0.2, 0.25) is 10.0 Å². The van der Waals surface area contributed by atoms with Crippen molar-refractivity contribution >= 4 is 29.1 Å². The maximum atomic E-state index is 13.5. The maximum absolute atomic E-state index is 13.5. The molecule has 2 nitrogen and oxygen atoms in total. The normalized spacial score (nSPS) is 10.3. The number of nitrogens with one attached hydrogen (secondary N) is 1. The average molecular weight is 298 g/mol. The van der Waals surface area contributed by atoms with Gasteiger partial charge in [0.2, 0.25) is 0 Å². The fraction of sp³-hybridized carbons (Fsp3) is 0.0714. The monoisotopic (exact) mass is 297 g/mol. The Morgan fingerprint density at radius 3 is 2.32 bits per heavy atom. The van der Waals surface area contributed by atoms with Crippen LogP contribution in [-0.4, -0.2) is 5.91 Å². The summed E-state index contributed by atoms with van der Waals surface area (Å²) in [6.07, 6.45) is 0. The van der Waals surface area contributed by atoms with Crippen molar-refractivity contribution in [2.24, 2.45) is 0 Å². The lowest BCUT2D eigenvalue weighted by Crippen LogP contribution is -2.23. The van der Waals surface area contributed by atoms with Crippen molar-refractivity contribution < 1.29 is 9.18 Å². The topological polar surface area (TPSA) is 29.1 Å². The van der Waals surface area contributed by atoms with Gasteiger partial charge in [-0.1, -0.05) is 35.3 Å². The molecule has 0 aliphatic heterocycles. The van der Waals surface area contributed by atoms with Gasteiger partial charge in [0, 0.05) is 16.6 Å². The SMILES string of the molecule is O=C(NCc1ccc(Cl)cc1)c1ccc(Cl)cc1F. The van der Waals surface area contributed by atoms with Crippen LogP contribution in [0.5, 0.6) is 0 Å². The predicted molar refractivity (Wildman–Crippen MR) is 74.0 cm³/mol. The van der Waals surface area contributed by atoms with Gasteiger partial charge >= 0.3 is 0 Å². The fourth-order valence-electron chi connectivity index (χ4n) is 1.55. The summed E-state index contributed by atoms with van der Waals surface area (Å²) in [5, 5.41) is 3.51. The maximum Gasteiger partial charge on any atom is 0.254 e. The van der Waals surface area contributed by atoms with Crippen molar-refractivity contribution in [1.29, 1.82) is 0 Å². The highest BCUT2D eigenvalue weighted by Crippen LogP contribution is 2.15. The largest absolute Gasteiger partial charge is 0.348 e. The molecule has 0 atom stereocenters. The van der Waals surface area contributed by atoms with Crippen molar-refractivity contribution in [2.75, 3.05) is 0 Å². The number of benzene rings is 2. The van der Waals surface area contributed by atoms with E-state index in [0.717, 1.165) is 11.6 Å². The van der Waals surface area contributed by atoms with Crippen LogP contribution < -0.4 is 5.32 Å². The smallest absolute Gasteiger partial charge is 0.254 e. The molecule has 2 aromatic carbocycles. The quantitative estimate of drug-likeness (QED) is 0.909. The Balaban J connectivity index is 2.03. The summed E-state index contributed by atoms with van der Waals surface area (Å²) in [6, 6.07) is 11.0. The zero-order chi connectivity index (χ0) is 13.8. The summed E-state index contributed by atoms with van der Waals surface area (Å²) in [4.78, 5) is 11.8. The number of amides is 1. The number of carbonyl (C=O) groups is 1. The number of hydrogen-bond acceptors (Lipinski definition) is 1. The second-order valence-electron chi connectivity index (χ2n) is 3.93. The Morgan fingerprint density at radius 2 is 1.68 bits per heavy atom. The molecule has 2 aromatic rings. The van der Waals surface area contributed by atoms with Crippen LogP contribution in [0.3, 0.4) is 0 Å². The van der Waals surface area contributed by atoms with E-state index in [1.807, 2.05) is 0 Å². The minimum Gasteiger partial charge on any atom is -0.348 e. The van der Waals surface area contributed by atoms with E-state index in [1.165, 1.54) is 12.1 Å². The van der Waals surface area contributed by atoms with E-state index in [1.54, 1.807) is 24.3 Å². The van der Waals surface area contributed by atoms with Gasteiger partial charge in [-0.3, -0.25) is 4.79 Å². The lowest BCUT2D eigenvalue weighted by molar-refractivity contribution is 0.0947. The van der Waals surface area contributed by atoms with E-state index in [-0.39, 0.29) is 10.6 Å². The van der Waals surface area contributed by atoms with Crippen LogP contribution in [0.25, 0.3) is 0 Å². The number of halogens is 3. The predicted octanol–water partition coefficient (Wildman–Crippen LogP) is 4.06. The van der Waals surface area contributed by atoms with Gasteiger partial charge in [0.25, 0.3) is 5.91 Å². The van der Waals surface area contributed by atoms with E-state index < -0.39 is 11.7 Å². The molecule has 1 N–H and O–H groups in total. The lowest BCUT2D eigenvalue weighted by Gasteiger charge is -2.06. The van der Waals surface area contributed by atoms with Crippen LogP contribution in [-0.2, 0) is 6.54 Å². The molecule has 0 aliphatic carbocycles. The van der Waals surface area contributed by atoms with E-state index in [4.69, 9.17) is 23.2 Å². The van der Waals surface area contributed by atoms with Gasteiger partial charge in [0.05, 0.1) is 5.56 Å². The molecule has 0 radical (unpaired) electrons. The first-order valence-electron chi connectivity index (χ1n) is 5.54. The van der Waals surface area contributed by atoms with Gasteiger partial charge in [-0.05, 0) is 35.9 Å². The Labute approximate surface area is 120 Å². The molecule has 0 bridgehead atoms. The third kappa shape index (κ3) is 3.69. The third-order valence-corrected chi connectivity index (χ3v) is 3.03. The molecule has 5 heteroatoms. The van der Waals surface area contributed by atoms with Gasteiger partial charge < -0.3 is 5.32 Å². The fourth-order valence-corrected chi connectivity index (χ4v) is 1.84. The summed E-state index contributed by atoms with van der Waals surface area (Å²) in [5.41, 5.74) is 0.852. The van der Waals surface area contributed by atoms with Crippen LogP contribution >= 0.6 is 23.2 Å². The molecular formula is C14H10Cl2FNO. The summed E-state index contributed by atoms with van der Waals surface area (Å²) in [7, 11) is 0. The summed E-state index contributed by atoms with van der Waals surface area (Å²) < 4.78 is 13.5. The molecule has 0 aromatic heterocycles. The Morgan fingerprint density at radius 1 is 1.05 bits per heavy atom. The number of rotatable bonds is 3. The average Bonchev–Trinajstić information content (AvgIpc) is 2.37. The van der Waals surface area contributed by atoms with Crippen molar-refractivity contribution in [3.8, 4) is 0 Å². The van der Waals surface area contributed by atoms with Gasteiger partial charge in [-0.2, -0.15) is 0 Å². The number of carbonyl (C=O) groups excluding carboxylic acids is 1. The highest BCUT2D eigenvalue weighted by Gasteiger charge is 2.11. The van der Waals surface area contributed by atoms with Crippen LogP contribution in [0.15, 0.2) is 42.5 Å². The first-order chi connectivity index (χ1) is 9.06. The molecule has 0 aliphatic rings. The zero-order valence-electron chi connectivity index (χ0n) is 9.79. The molecule has 0 unspecified atom stereocenters.